The molecule has 13 heavy (non-hydrogen) atoms. The second-order valence-corrected chi connectivity index (χ2v) is 4.78. The van der Waals surface area contributed by atoms with E-state index in [2.05, 4.69) is 32.6 Å². The van der Waals surface area contributed by atoms with Crippen LogP contribution in [-0.2, 0) is 4.74 Å². The summed E-state index contributed by atoms with van der Waals surface area (Å²) in [5.41, 5.74) is 0. The van der Waals surface area contributed by atoms with Crippen molar-refractivity contribution in [2.24, 2.45) is 11.8 Å². The highest BCUT2D eigenvalue weighted by molar-refractivity contribution is 4.78. The van der Waals surface area contributed by atoms with Crippen molar-refractivity contribution in [1.29, 1.82) is 0 Å². The number of morpholine rings is 1. The Morgan fingerprint density at radius 2 is 2.00 bits per heavy atom. The van der Waals surface area contributed by atoms with Crippen LogP contribution >= 0.6 is 0 Å². The van der Waals surface area contributed by atoms with Gasteiger partial charge in [0.15, 0.2) is 0 Å². The van der Waals surface area contributed by atoms with Crippen LogP contribution in [0.5, 0.6) is 0 Å². The first-order valence-corrected chi connectivity index (χ1v) is 5.43. The molecule has 0 spiro atoms. The Morgan fingerprint density at radius 3 is 2.54 bits per heavy atom. The third-order valence-electron chi connectivity index (χ3n) is 2.65. The minimum atomic E-state index is 0.635. The highest BCUT2D eigenvalue weighted by Crippen LogP contribution is 2.16. The van der Waals surface area contributed by atoms with E-state index in [1.165, 1.54) is 6.54 Å². The van der Waals surface area contributed by atoms with E-state index in [0.29, 0.717) is 12.0 Å². The van der Waals surface area contributed by atoms with Gasteiger partial charge in [0, 0.05) is 19.1 Å². The summed E-state index contributed by atoms with van der Waals surface area (Å²) < 4.78 is 5.51. The molecule has 78 valence electrons. The van der Waals surface area contributed by atoms with Crippen molar-refractivity contribution in [1.82, 2.24) is 4.90 Å². The maximum Gasteiger partial charge on any atom is 0.0624 e. The molecule has 2 heteroatoms. The van der Waals surface area contributed by atoms with Crippen LogP contribution in [0.2, 0.25) is 0 Å². The van der Waals surface area contributed by atoms with Crippen molar-refractivity contribution < 1.29 is 4.74 Å². The average Bonchev–Trinajstić information content (AvgIpc) is 2.03. The molecule has 1 atom stereocenters. The van der Waals surface area contributed by atoms with E-state index in [4.69, 9.17) is 4.74 Å². The van der Waals surface area contributed by atoms with Crippen LogP contribution in [0.4, 0.5) is 0 Å². The summed E-state index contributed by atoms with van der Waals surface area (Å²) in [6, 6.07) is 0.635. The number of rotatable bonds is 3. The third-order valence-corrected chi connectivity index (χ3v) is 2.65. The van der Waals surface area contributed by atoms with Gasteiger partial charge in [-0.3, -0.25) is 4.90 Å². The molecular formula is C11H23NO. The van der Waals surface area contributed by atoms with Gasteiger partial charge in [-0.05, 0) is 11.8 Å². The Bertz CT molecular complexity index is 145. The third kappa shape index (κ3) is 3.28. The van der Waals surface area contributed by atoms with Crippen molar-refractivity contribution in [2.45, 2.75) is 33.7 Å². The first kappa shape index (κ1) is 11.0. The lowest BCUT2D eigenvalue weighted by atomic mass is 10.0. The number of nitrogens with zero attached hydrogens (tertiary/aromatic N) is 1. The van der Waals surface area contributed by atoms with Gasteiger partial charge in [0.2, 0.25) is 0 Å². The fourth-order valence-electron chi connectivity index (χ4n) is 1.97. The molecule has 0 saturated carbocycles. The highest BCUT2D eigenvalue weighted by atomic mass is 16.5. The molecule has 0 radical (unpaired) electrons. The molecule has 1 heterocycles. The van der Waals surface area contributed by atoms with E-state index < -0.39 is 0 Å². The molecule has 0 aliphatic carbocycles. The average molecular weight is 185 g/mol. The fourth-order valence-corrected chi connectivity index (χ4v) is 1.97. The molecule has 0 unspecified atom stereocenters. The van der Waals surface area contributed by atoms with E-state index in [9.17, 15) is 0 Å². The van der Waals surface area contributed by atoms with Crippen LogP contribution in [0, 0.1) is 11.8 Å². The van der Waals surface area contributed by atoms with Crippen molar-refractivity contribution >= 4 is 0 Å². The molecule has 0 bridgehead atoms. The molecule has 1 fully saturated rings. The van der Waals surface area contributed by atoms with E-state index in [0.717, 1.165) is 25.7 Å². The van der Waals surface area contributed by atoms with Gasteiger partial charge >= 0.3 is 0 Å². The van der Waals surface area contributed by atoms with Gasteiger partial charge in [-0.25, -0.2) is 0 Å². The van der Waals surface area contributed by atoms with Crippen LogP contribution in [-0.4, -0.2) is 37.2 Å². The Hall–Kier alpha value is -0.0800. The van der Waals surface area contributed by atoms with E-state index in [1.807, 2.05) is 0 Å². The van der Waals surface area contributed by atoms with Gasteiger partial charge in [-0.1, -0.05) is 27.7 Å². The van der Waals surface area contributed by atoms with E-state index >= 15 is 0 Å². The van der Waals surface area contributed by atoms with Crippen LogP contribution < -0.4 is 0 Å². The lowest BCUT2D eigenvalue weighted by Gasteiger charge is -2.38. The predicted octanol–water partition coefficient (Wildman–Crippen LogP) is 2.00. The highest BCUT2D eigenvalue weighted by Gasteiger charge is 2.25. The maximum atomic E-state index is 5.51. The van der Waals surface area contributed by atoms with Gasteiger partial charge < -0.3 is 4.74 Å². The first-order chi connectivity index (χ1) is 6.11. The van der Waals surface area contributed by atoms with Gasteiger partial charge in [0.25, 0.3) is 0 Å². The van der Waals surface area contributed by atoms with Gasteiger partial charge in [-0.2, -0.15) is 0 Å². The topological polar surface area (TPSA) is 12.5 Å². The predicted molar refractivity (Wildman–Crippen MR) is 55.9 cm³/mol. The molecule has 0 amide bonds. The Balaban J connectivity index is 2.46. The normalized spacial score (nSPS) is 25.8. The molecule has 1 saturated heterocycles. The van der Waals surface area contributed by atoms with E-state index in [-0.39, 0.29) is 0 Å². The molecule has 0 aromatic carbocycles. The largest absolute Gasteiger partial charge is 0.378 e. The molecule has 1 aliphatic heterocycles. The summed E-state index contributed by atoms with van der Waals surface area (Å²) in [7, 11) is 0. The first-order valence-electron chi connectivity index (χ1n) is 5.43. The second-order valence-electron chi connectivity index (χ2n) is 4.78. The van der Waals surface area contributed by atoms with Crippen molar-refractivity contribution in [3.63, 3.8) is 0 Å². The summed E-state index contributed by atoms with van der Waals surface area (Å²) in [5.74, 6) is 1.47. The number of hydrogen-bond acceptors (Lipinski definition) is 2. The molecule has 0 aromatic heterocycles. The van der Waals surface area contributed by atoms with Gasteiger partial charge in [-0.15, -0.1) is 0 Å². The summed E-state index contributed by atoms with van der Waals surface area (Å²) in [4.78, 5) is 2.58. The Morgan fingerprint density at radius 1 is 1.31 bits per heavy atom. The second kappa shape index (κ2) is 4.97. The minimum Gasteiger partial charge on any atom is -0.378 e. The standard InChI is InChI=1S/C11H23NO/c1-9(2)7-12-5-6-13-8-11(12)10(3)4/h9-11H,5-8H2,1-4H3/t11-/m1/s1. The van der Waals surface area contributed by atoms with E-state index in [1.54, 1.807) is 0 Å². The smallest absolute Gasteiger partial charge is 0.0624 e. The SMILES string of the molecule is CC(C)CN1CCOC[C@@H]1C(C)C. The summed E-state index contributed by atoms with van der Waals surface area (Å²) in [5, 5.41) is 0. The van der Waals surface area contributed by atoms with Crippen molar-refractivity contribution in [3.05, 3.63) is 0 Å². The van der Waals surface area contributed by atoms with Crippen molar-refractivity contribution in [3.8, 4) is 0 Å². The molecule has 0 N–H and O–H groups in total. The lowest BCUT2D eigenvalue weighted by molar-refractivity contribution is -0.0289. The van der Waals surface area contributed by atoms with Crippen LogP contribution in [0.25, 0.3) is 0 Å². The zero-order chi connectivity index (χ0) is 9.84. The Labute approximate surface area is 82.3 Å². The fraction of sp³-hybridized carbons (Fsp3) is 1.00. The van der Waals surface area contributed by atoms with Crippen molar-refractivity contribution in [2.75, 3.05) is 26.3 Å². The summed E-state index contributed by atoms with van der Waals surface area (Å²) in [6.07, 6.45) is 0. The molecule has 0 aromatic rings. The maximum absolute atomic E-state index is 5.51. The van der Waals surface area contributed by atoms with Gasteiger partial charge in [0.05, 0.1) is 13.2 Å². The Kier molecular flexibility index (Phi) is 4.20. The quantitative estimate of drug-likeness (QED) is 0.667. The van der Waals surface area contributed by atoms with Crippen LogP contribution in [0.3, 0.4) is 0 Å². The number of hydrogen-bond donors (Lipinski definition) is 0. The van der Waals surface area contributed by atoms with Crippen LogP contribution in [0.15, 0.2) is 0 Å². The monoisotopic (exact) mass is 185 g/mol. The molecular weight excluding hydrogens is 162 g/mol. The summed E-state index contributed by atoms with van der Waals surface area (Å²) >= 11 is 0. The molecule has 2 nitrogen and oxygen atoms in total. The van der Waals surface area contributed by atoms with Gasteiger partial charge in [0.1, 0.15) is 0 Å². The van der Waals surface area contributed by atoms with Crippen LogP contribution in [0.1, 0.15) is 27.7 Å². The lowest BCUT2D eigenvalue weighted by Crippen LogP contribution is -2.49. The summed E-state index contributed by atoms with van der Waals surface area (Å²) in [6.45, 7) is 13.3. The molecule has 1 aliphatic rings. The zero-order valence-corrected chi connectivity index (χ0v) is 9.42. The zero-order valence-electron chi connectivity index (χ0n) is 9.42. The molecule has 1 rings (SSSR count). The minimum absolute atomic E-state index is 0.635. The number of ether oxygens (including phenoxy) is 1.